The molecule has 2 aromatic rings. The number of carbonyl (C=O) groups is 1. The van der Waals surface area contributed by atoms with E-state index in [0.29, 0.717) is 11.2 Å². The molecule has 1 unspecified atom stereocenters. The summed E-state index contributed by atoms with van der Waals surface area (Å²) in [6.45, 7) is 4.26. The molecule has 1 N–H and O–H groups in total. The Balaban J connectivity index is 2.16. The van der Waals surface area contributed by atoms with E-state index < -0.39 is 23.8 Å². The van der Waals surface area contributed by atoms with Gasteiger partial charge in [0.25, 0.3) is 5.91 Å². The molecule has 0 bridgehead atoms. The molecule has 0 radical (unpaired) electrons. The first-order chi connectivity index (χ1) is 10.2. The Kier molecular flexibility index (Phi) is 4.25. The molecule has 0 aliphatic heterocycles. The Morgan fingerprint density at radius 3 is 2.68 bits per heavy atom. The van der Waals surface area contributed by atoms with Crippen LogP contribution >= 0.6 is 0 Å². The van der Waals surface area contributed by atoms with E-state index in [-0.39, 0.29) is 5.69 Å². The highest BCUT2D eigenvalue weighted by Gasteiger charge is 2.35. The third-order valence-corrected chi connectivity index (χ3v) is 3.24. The minimum absolute atomic E-state index is 0.274. The van der Waals surface area contributed by atoms with Crippen LogP contribution in [0, 0.1) is 0 Å². The number of hydrogen-bond acceptors (Lipinski definition) is 3. The lowest BCUT2D eigenvalue weighted by Gasteiger charge is -2.14. The van der Waals surface area contributed by atoms with Crippen LogP contribution in [-0.2, 0) is 19.8 Å². The smallest absolute Gasteiger partial charge is 0.343 e. The molecule has 0 spiro atoms. The topological polar surface area (TPSA) is 64.7 Å². The van der Waals surface area contributed by atoms with Crippen LogP contribution in [0.1, 0.15) is 41.8 Å². The van der Waals surface area contributed by atoms with E-state index in [1.165, 1.54) is 0 Å². The van der Waals surface area contributed by atoms with Crippen molar-refractivity contribution in [3.63, 3.8) is 0 Å². The van der Waals surface area contributed by atoms with Crippen LogP contribution in [0.4, 0.5) is 13.2 Å². The molecule has 0 saturated carbocycles. The van der Waals surface area contributed by atoms with E-state index in [9.17, 15) is 18.0 Å². The number of nitrogens with zero attached hydrogens (tertiary/aromatic N) is 4. The largest absolute Gasteiger partial charge is 0.433 e. The molecule has 0 aromatic carbocycles. The lowest BCUT2D eigenvalue weighted by molar-refractivity contribution is -0.143. The van der Waals surface area contributed by atoms with Gasteiger partial charge in [-0.15, -0.1) is 0 Å². The third-order valence-electron chi connectivity index (χ3n) is 3.24. The Hall–Kier alpha value is -2.32. The molecule has 0 fully saturated rings. The minimum Gasteiger partial charge on any atom is -0.343 e. The van der Waals surface area contributed by atoms with E-state index >= 15 is 0 Å². The normalized spacial score (nSPS) is 13.2. The van der Waals surface area contributed by atoms with E-state index in [2.05, 4.69) is 15.5 Å². The predicted octanol–water partition coefficient (Wildman–Crippen LogP) is 2.15. The van der Waals surface area contributed by atoms with Gasteiger partial charge in [0.1, 0.15) is 5.69 Å². The van der Waals surface area contributed by atoms with Crippen molar-refractivity contribution in [1.29, 1.82) is 0 Å². The zero-order valence-corrected chi connectivity index (χ0v) is 12.3. The first kappa shape index (κ1) is 16.1. The quantitative estimate of drug-likeness (QED) is 0.940. The fourth-order valence-electron chi connectivity index (χ4n) is 2.16. The summed E-state index contributed by atoms with van der Waals surface area (Å²) in [5, 5.41) is 10.3. The van der Waals surface area contributed by atoms with Crippen molar-refractivity contribution in [3.8, 4) is 0 Å². The number of carbonyl (C=O) groups excluding carboxylic acids is 1. The van der Waals surface area contributed by atoms with Gasteiger partial charge in [-0.3, -0.25) is 14.2 Å². The fourth-order valence-corrected chi connectivity index (χ4v) is 2.16. The number of hydrogen-bond donors (Lipinski definition) is 1. The molecule has 120 valence electrons. The van der Waals surface area contributed by atoms with Crippen molar-refractivity contribution in [2.45, 2.75) is 32.6 Å². The monoisotopic (exact) mass is 315 g/mol. The zero-order chi connectivity index (χ0) is 16.5. The fraction of sp³-hybridized carbons (Fsp3) is 0.462. The molecule has 2 heterocycles. The third kappa shape index (κ3) is 3.12. The molecule has 2 aromatic heterocycles. The number of alkyl halides is 3. The van der Waals surface area contributed by atoms with E-state index in [1.54, 1.807) is 23.9 Å². The van der Waals surface area contributed by atoms with Crippen LogP contribution in [0.15, 0.2) is 18.3 Å². The lowest BCUT2D eigenvalue weighted by atomic mass is 10.2. The molecule has 2 rings (SSSR count). The van der Waals surface area contributed by atoms with Crippen LogP contribution in [-0.4, -0.2) is 25.5 Å². The molecule has 9 heteroatoms. The molecule has 0 aliphatic carbocycles. The van der Waals surface area contributed by atoms with Gasteiger partial charge in [0.05, 0.1) is 11.7 Å². The molecule has 6 nitrogen and oxygen atoms in total. The average molecular weight is 315 g/mol. The van der Waals surface area contributed by atoms with Crippen molar-refractivity contribution in [1.82, 2.24) is 24.9 Å². The maximum atomic E-state index is 12.7. The SMILES string of the molecule is CCn1nccc1C(C)NC(=O)c1cc(C(F)(F)F)n(C)n1. The number of halogens is 3. The summed E-state index contributed by atoms with van der Waals surface area (Å²) in [5.74, 6) is -0.664. The molecular formula is C13H16F3N5O. The van der Waals surface area contributed by atoms with Crippen LogP contribution in [0.25, 0.3) is 0 Å². The highest BCUT2D eigenvalue weighted by Crippen LogP contribution is 2.29. The summed E-state index contributed by atoms with van der Waals surface area (Å²) in [4.78, 5) is 12.1. The van der Waals surface area contributed by atoms with Gasteiger partial charge in [-0.05, 0) is 19.9 Å². The van der Waals surface area contributed by atoms with Crippen LogP contribution < -0.4 is 5.32 Å². The van der Waals surface area contributed by atoms with Gasteiger partial charge >= 0.3 is 6.18 Å². The van der Waals surface area contributed by atoms with Gasteiger partial charge in [-0.2, -0.15) is 23.4 Å². The molecule has 0 saturated heterocycles. The van der Waals surface area contributed by atoms with Crippen molar-refractivity contribution in [3.05, 3.63) is 35.4 Å². The molecule has 1 amide bonds. The van der Waals surface area contributed by atoms with Gasteiger partial charge in [-0.25, -0.2) is 0 Å². The van der Waals surface area contributed by atoms with E-state index in [4.69, 9.17) is 0 Å². The summed E-state index contributed by atoms with van der Waals surface area (Å²) >= 11 is 0. The van der Waals surface area contributed by atoms with E-state index in [1.807, 2.05) is 6.92 Å². The molecule has 0 aliphatic rings. The zero-order valence-electron chi connectivity index (χ0n) is 12.3. The Bertz CT molecular complexity index is 674. The summed E-state index contributed by atoms with van der Waals surface area (Å²) in [5.41, 5.74) is -0.476. The molecular weight excluding hydrogens is 299 g/mol. The highest BCUT2D eigenvalue weighted by atomic mass is 19.4. The standard InChI is InChI=1S/C13H16F3N5O/c1-4-21-10(5-6-17-21)8(2)18-12(22)9-7-11(13(14,15)16)20(3)19-9/h5-8H,4H2,1-3H3,(H,18,22). The molecule has 1 atom stereocenters. The van der Waals surface area contributed by atoms with Crippen LogP contribution in [0.3, 0.4) is 0 Å². The maximum absolute atomic E-state index is 12.7. The average Bonchev–Trinajstić information content (AvgIpc) is 3.03. The van der Waals surface area contributed by atoms with Gasteiger partial charge in [0, 0.05) is 25.9 Å². The number of aryl methyl sites for hydroxylation is 2. The van der Waals surface area contributed by atoms with Gasteiger partial charge < -0.3 is 5.32 Å². The number of rotatable bonds is 4. The van der Waals surface area contributed by atoms with Crippen molar-refractivity contribution < 1.29 is 18.0 Å². The second-order valence-corrected chi connectivity index (χ2v) is 4.80. The maximum Gasteiger partial charge on any atom is 0.433 e. The minimum atomic E-state index is -4.55. The van der Waals surface area contributed by atoms with Crippen LogP contribution in [0.2, 0.25) is 0 Å². The van der Waals surface area contributed by atoms with Crippen molar-refractivity contribution in [2.24, 2.45) is 7.05 Å². The number of amides is 1. The van der Waals surface area contributed by atoms with Crippen molar-refractivity contribution >= 4 is 5.91 Å². The van der Waals surface area contributed by atoms with Crippen LogP contribution in [0.5, 0.6) is 0 Å². The first-order valence-corrected chi connectivity index (χ1v) is 6.67. The second kappa shape index (κ2) is 5.82. The Morgan fingerprint density at radius 1 is 1.45 bits per heavy atom. The summed E-state index contributed by atoms with van der Waals surface area (Å²) in [6.07, 6.45) is -2.95. The lowest BCUT2D eigenvalue weighted by Crippen LogP contribution is -2.28. The summed E-state index contributed by atoms with van der Waals surface area (Å²) in [6, 6.07) is 2.08. The van der Waals surface area contributed by atoms with Gasteiger partial charge in [0.15, 0.2) is 5.69 Å². The van der Waals surface area contributed by atoms with Gasteiger partial charge in [0.2, 0.25) is 0 Å². The van der Waals surface area contributed by atoms with Gasteiger partial charge in [-0.1, -0.05) is 0 Å². The first-order valence-electron chi connectivity index (χ1n) is 6.67. The summed E-state index contributed by atoms with van der Waals surface area (Å²) < 4.78 is 40.5. The molecule has 22 heavy (non-hydrogen) atoms. The Morgan fingerprint density at radius 2 is 2.14 bits per heavy atom. The number of aromatic nitrogens is 4. The predicted molar refractivity (Wildman–Crippen MR) is 72.0 cm³/mol. The number of nitrogens with one attached hydrogen (secondary N) is 1. The second-order valence-electron chi connectivity index (χ2n) is 4.80. The highest BCUT2D eigenvalue weighted by molar-refractivity contribution is 5.92. The summed E-state index contributed by atoms with van der Waals surface area (Å²) in [7, 11) is 1.15. The Labute approximate surface area is 124 Å². The van der Waals surface area contributed by atoms with Crippen molar-refractivity contribution in [2.75, 3.05) is 0 Å². The van der Waals surface area contributed by atoms with E-state index in [0.717, 1.165) is 18.8 Å².